The minimum Gasteiger partial charge on any atom is -0.409 e. The predicted octanol–water partition coefficient (Wildman–Crippen LogP) is 2.39. The van der Waals surface area contributed by atoms with Crippen LogP contribution in [0.15, 0.2) is 41.7 Å². The minimum absolute atomic E-state index is 0.0728. The number of nitrogens with one attached hydrogen (secondary N) is 1. The second kappa shape index (κ2) is 6.23. The summed E-state index contributed by atoms with van der Waals surface area (Å²) in [5, 5.41) is 14.6. The number of nitrogens with zero attached hydrogens (tertiary/aromatic N) is 2. The highest BCUT2D eigenvalue weighted by Gasteiger charge is 2.12. The highest BCUT2D eigenvalue weighted by Crippen LogP contribution is 2.25. The summed E-state index contributed by atoms with van der Waals surface area (Å²) in [7, 11) is 0. The number of oxime groups is 1. The highest BCUT2D eigenvalue weighted by molar-refractivity contribution is 6.34. The third-order valence-corrected chi connectivity index (χ3v) is 3.18. The first-order valence-electron chi connectivity index (χ1n) is 6.03. The molecule has 1 amide bonds. The van der Waals surface area contributed by atoms with Crippen molar-refractivity contribution in [2.45, 2.75) is 6.92 Å². The third kappa shape index (κ3) is 3.29. The van der Waals surface area contributed by atoms with Crippen molar-refractivity contribution in [3.8, 4) is 0 Å². The van der Waals surface area contributed by atoms with Gasteiger partial charge in [0.2, 0.25) is 0 Å². The first kappa shape index (κ1) is 14.8. The van der Waals surface area contributed by atoms with Crippen molar-refractivity contribution in [3.05, 3.63) is 58.4 Å². The van der Waals surface area contributed by atoms with Gasteiger partial charge in [-0.1, -0.05) is 28.9 Å². The maximum atomic E-state index is 12.1. The van der Waals surface area contributed by atoms with E-state index in [0.717, 1.165) is 5.56 Å². The summed E-state index contributed by atoms with van der Waals surface area (Å²) in [6.07, 6.45) is 1.35. The molecule has 0 fully saturated rings. The van der Waals surface area contributed by atoms with Crippen molar-refractivity contribution in [1.82, 2.24) is 4.98 Å². The van der Waals surface area contributed by atoms with Crippen molar-refractivity contribution in [3.63, 3.8) is 0 Å². The van der Waals surface area contributed by atoms with Gasteiger partial charge in [-0.15, -0.1) is 0 Å². The standard InChI is InChI=1S/C14H13ClN4O2/c1-8-3-2-4-10(15)12(8)18-14(20)11-6-5-9(7-17-11)13(16)19-21/h2-7,21H,1H3,(H2,16,19)(H,18,20). The zero-order valence-corrected chi connectivity index (χ0v) is 11.9. The molecule has 7 heteroatoms. The Hall–Kier alpha value is -2.60. The average Bonchev–Trinajstić information content (AvgIpc) is 2.50. The number of para-hydroxylation sites is 1. The number of anilines is 1. The van der Waals surface area contributed by atoms with Crippen molar-refractivity contribution in [2.24, 2.45) is 10.9 Å². The summed E-state index contributed by atoms with van der Waals surface area (Å²) in [6, 6.07) is 8.36. The number of aromatic nitrogens is 1. The number of benzene rings is 1. The fraction of sp³-hybridized carbons (Fsp3) is 0.0714. The quantitative estimate of drug-likeness (QED) is 0.351. The van der Waals surface area contributed by atoms with Crippen LogP contribution in [0.3, 0.4) is 0 Å². The van der Waals surface area contributed by atoms with Gasteiger partial charge in [-0.05, 0) is 30.7 Å². The number of carbonyl (C=O) groups excluding carboxylic acids is 1. The number of pyridine rings is 1. The molecule has 108 valence electrons. The summed E-state index contributed by atoms with van der Waals surface area (Å²) < 4.78 is 0. The second-order valence-corrected chi connectivity index (χ2v) is 4.71. The van der Waals surface area contributed by atoms with E-state index in [9.17, 15) is 4.79 Å². The second-order valence-electron chi connectivity index (χ2n) is 4.30. The lowest BCUT2D eigenvalue weighted by atomic mass is 10.2. The van der Waals surface area contributed by atoms with E-state index in [1.165, 1.54) is 18.3 Å². The largest absolute Gasteiger partial charge is 0.409 e. The molecule has 0 unspecified atom stereocenters. The normalized spacial score (nSPS) is 11.2. The molecule has 0 spiro atoms. The molecule has 1 aromatic carbocycles. The van der Waals surface area contributed by atoms with Crippen LogP contribution in [-0.2, 0) is 0 Å². The predicted molar refractivity (Wildman–Crippen MR) is 80.9 cm³/mol. The number of hydrogen-bond acceptors (Lipinski definition) is 4. The number of aryl methyl sites for hydroxylation is 1. The molecular weight excluding hydrogens is 292 g/mol. The molecule has 0 aliphatic rings. The van der Waals surface area contributed by atoms with Crippen LogP contribution in [0.1, 0.15) is 21.6 Å². The van der Waals surface area contributed by atoms with Crippen molar-refractivity contribution in [1.29, 1.82) is 0 Å². The average molecular weight is 305 g/mol. The maximum absolute atomic E-state index is 12.1. The molecule has 2 aromatic rings. The van der Waals surface area contributed by atoms with E-state index >= 15 is 0 Å². The van der Waals surface area contributed by atoms with E-state index in [0.29, 0.717) is 16.3 Å². The SMILES string of the molecule is Cc1cccc(Cl)c1NC(=O)c1ccc(C(N)=NO)cn1. The smallest absolute Gasteiger partial charge is 0.274 e. The van der Waals surface area contributed by atoms with Crippen LogP contribution < -0.4 is 11.1 Å². The molecule has 0 saturated carbocycles. The van der Waals surface area contributed by atoms with Gasteiger partial charge in [-0.2, -0.15) is 0 Å². The lowest BCUT2D eigenvalue weighted by molar-refractivity contribution is 0.102. The number of halogens is 1. The van der Waals surface area contributed by atoms with E-state index < -0.39 is 5.91 Å². The summed E-state index contributed by atoms with van der Waals surface area (Å²) in [6.45, 7) is 1.84. The fourth-order valence-electron chi connectivity index (χ4n) is 1.71. The molecule has 6 nitrogen and oxygen atoms in total. The van der Waals surface area contributed by atoms with Crippen molar-refractivity contribution < 1.29 is 10.0 Å². The Morgan fingerprint density at radius 2 is 2.14 bits per heavy atom. The van der Waals surface area contributed by atoms with Crippen LogP contribution in [0.4, 0.5) is 5.69 Å². The molecule has 21 heavy (non-hydrogen) atoms. The van der Waals surface area contributed by atoms with Gasteiger partial charge in [-0.3, -0.25) is 9.78 Å². The molecule has 4 N–H and O–H groups in total. The van der Waals surface area contributed by atoms with E-state index in [4.69, 9.17) is 22.5 Å². The molecule has 0 radical (unpaired) electrons. The van der Waals surface area contributed by atoms with Crippen LogP contribution in [0, 0.1) is 6.92 Å². The summed E-state index contributed by atoms with van der Waals surface area (Å²) in [4.78, 5) is 16.1. The van der Waals surface area contributed by atoms with Crippen LogP contribution in [0.25, 0.3) is 0 Å². The van der Waals surface area contributed by atoms with Gasteiger partial charge in [0.25, 0.3) is 5.91 Å². The maximum Gasteiger partial charge on any atom is 0.274 e. The number of amidine groups is 1. The lowest BCUT2D eigenvalue weighted by Gasteiger charge is -2.10. The Labute approximate surface area is 126 Å². The molecule has 0 aliphatic carbocycles. The fourth-order valence-corrected chi connectivity index (χ4v) is 1.97. The van der Waals surface area contributed by atoms with Gasteiger partial charge in [0.05, 0.1) is 10.7 Å². The van der Waals surface area contributed by atoms with Gasteiger partial charge in [0, 0.05) is 11.8 Å². The van der Waals surface area contributed by atoms with Gasteiger partial charge >= 0.3 is 0 Å². The van der Waals surface area contributed by atoms with Gasteiger partial charge in [0.15, 0.2) is 5.84 Å². The van der Waals surface area contributed by atoms with Crippen LogP contribution in [0.5, 0.6) is 0 Å². The number of rotatable bonds is 3. The number of amides is 1. The summed E-state index contributed by atoms with van der Waals surface area (Å²) in [5.41, 5.74) is 7.44. The zero-order chi connectivity index (χ0) is 15.4. The monoisotopic (exact) mass is 304 g/mol. The number of hydrogen-bond donors (Lipinski definition) is 3. The van der Waals surface area contributed by atoms with Crippen molar-refractivity contribution in [2.75, 3.05) is 5.32 Å². The summed E-state index contributed by atoms with van der Waals surface area (Å²) in [5.74, 6) is -0.464. The minimum atomic E-state index is -0.391. The first-order chi connectivity index (χ1) is 10.0. The first-order valence-corrected chi connectivity index (χ1v) is 6.41. The number of carbonyl (C=O) groups is 1. The van der Waals surface area contributed by atoms with E-state index in [1.807, 2.05) is 13.0 Å². The molecule has 0 atom stereocenters. The third-order valence-electron chi connectivity index (χ3n) is 2.86. The van der Waals surface area contributed by atoms with E-state index in [-0.39, 0.29) is 11.5 Å². The van der Waals surface area contributed by atoms with E-state index in [1.54, 1.807) is 12.1 Å². The molecule has 0 aliphatic heterocycles. The topological polar surface area (TPSA) is 101 Å². The van der Waals surface area contributed by atoms with Crippen LogP contribution in [-0.4, -0.2) is 21.9 Å². The van der Waals surface area contributed by atoms with Gasteiger partial charge in [0.1, 0.15) is 5.69 Å². The Bertz CT molecular complexity index is 678. The Kier molecular flexibility index (Phi) is 4.39. The Morgan fingerprint density at radius 1 is 1.38 bits per heavy atom. The molecule has 1 aromatic heterocycles. The van der Waals surface area contributed by atoms with E-state index in [2.05, 4.69) is 15.5 Å². The molecule has 0 bridgehead atoms. The van der Waals surface area contributed by atoms with Crippen LogP contribution in [0.2, 0.25) is 5.02 Å². The number of nitrogens with two attached hydrogens (primary N) is 1. The zero-order valence-electron chi connectivity index (χ0n) is 11.2. The Balaban J connectivity index is 2.21. The molecular formula is C14H13ClN4O2. The van der Waals surface area contributed by atoms with Crippen molar-refractivity contribution >= 4 is 29.0 Å². The molecule has 1 heterocycles. The summed E-state index contributed by atoms with van der Waals surface area (Å²) >= 11 is 6.05. The highest BCUT2D eigenvalue weighted by atomic mass is 35.5. The Morgan fingerprint density at radius 3 is 2.71 bits per heavy atom. The molecule has 0 saturated heterocycles. The molecule has 2 rings (SSSR count). The van der Waals surface area contributed by atoms with Gasteiger partial charge in [-0.25, -0.2) is 0 Å². The lowest BCUT2D eigenvalue weighted by Crippen LogP contribution is -2.17. The van der Waals surface area contributed by atoms with Crippen LogP contribution >= 0.6 is 11.6 Å². The van der Waals surface area contributed by atoms with Gasteiger partial charge < -0.3 is 16.3 Å².